The summed E-state index contributed by atoms with van der Waals surface area (Å²) < 4.78 is 1.51. The summed E-state index contributed by atoms with van der Waals surface area (Å²) in [5.41, 5.74) is 0.999. The van der Waals surface area contributed by atoms with Gasteiger partial charge in [0.15, 0.2) is 5.82 Å². The molecule has 0 radical (unpaired) electrons. The van der Waals surface area contributed by atoms with E-state index in [-0.39, 0.29) is 5.82 Å². The molecular formula is C10H10N6. The highest BCUT2D eigenvalue weighted by Gasteiger charge is 2.07. The van der Waals surface area contributed by atoms with Gasteiger partial charge in [0.05, 0.1) is 0 Å². The zero-order chi connectivity index (χ0) is 11.4. The molecule has 0 saturated carbocycles. The number of nitrogens with one attached hydrogen (secondary N) is 1. The van der Waals surface area contributed by atoms with E-state index in [0.717, 1.165) is 5.56 Å². The number of pyridine rings is 1. The SMILES string of the molecule is CNCc1cccnc1-n1cnc(C#N)n1. The van der Waals surface area contributed by atoms with E-state index in [1.165, 1.54) is 11.0 Å². The molecule has 0 fully saturated rings. The molecule has 0 unspecified atom stereocenters. The van der Waals surface area contributed by atoms with Crippen molar-refractivity contribution in [3.05, 3.63) is 36.0 Å². The van der Waals surface area contributed by atoms with Crippen molar-refractivity contribution < 1.29 is 0 Å². The topological polar surface area (TPSA) is 79.4 Å². The van der Waals surface area contributed by atoms with Crippen molar-refractivity contribution in [1.29, 1.82) is 5.26 Å². The highest BCUT2D eigenvalue weighted by Crippen LogP contribution is 2.09. The van der Waals surface area contributed by atoms with Crippen molar-refractivity contribution in [3.8, 4) is 11.9 Å². The Bertz CT molecular complexity index is 524. The van der Waals surface area contributed by atoms with Crippen LogP contribution >= 0.6 is 0 Å². The Kier molecular flexibility index (Phi) is 2.89. The molecule has 2 aromatic rings. The maximum Gasteiger partial charge on any atom is 0.252 e. The molecule has 1 N–H and O–H groups in total. The number of rotatable bonds is 3. The number of aromatic nitrogens is 4. The molecule has 2 heterocycles. The van der Waals surface area contributed by atoms with Crippen LogP contribution < -0.4 is 5.32 Å². The molecule has 0 saturated heterocycles. The predicted molar refractivity (Wildman–Crippen MR) is 56.6 cm³/mol. The number of hydrogen-bond acceptors (Lipinski definition) is 5. The van der Waals surface area contributed by atoms with Crippen LogP contribution in [0.5, 0.6) is 0 Å². The fourth-order valence-corrected chi connectivity index (χ4v) is 1.38. The fraction of sp³-hybridized carbons (Fsp3) is 0.200. The summed E-state index contributed by atoms with van der Waals surface area (Å²) in [7, 11) is 1.86. The van der Waals surface area contributed by atoms with Crippen LogP contribution in [-0.2, 0) is 6.54 Å². The van der Waals surface area contributed by atoms with Gasteiger partial charge in [-0.15, -0.1) is 5.10 Å². The largest absolute Gasteiger partial charge is 0.316 e. The van der Waals surface area contributed by atoms with Crippen LogP contribution in [0.15, 0.2) is 24.7 Å². The van der Waals surface area contributed by atoms with Crippen LogP contribution in [0.4, 0.5) is 0 Å². The first-order valence-electron chi connectivity index (χ1n) is 4.76. The van der Waals surface area contributed by atoms with Crippen molar-refractivity contribution in [2.75, 3.05) is 7.05 Å². The molecule has 0 aliphatic rings. The van der Waals surface area contributed by atoms with E-state index in [2.05, 4.69) is 20.4 Å². The van der Waals surface area contributed by atoms with Crippen molar-refractivity contribution in [3.63, 3.8) is 0 Å². The minimum Gasteiger partial charge on any atom is -0.316 e. The summed E-state index contributed by atoms with van der Waals surface area (Å²) in [4.78, 5) is 8.07. The van der Waals surface area contributed by atoms with Crippen LogP contribution in [0.25, 0.3) is 5.82 Å². The average molecular weight is 214 g/mol. The summed E-state index contributed by atoms with van der Waals surface area (Å²) >= 11 is 0. The van der Waals surface area contributed by atoms with Crippen molar-refractivity contribution in [2.45, 2.75) is 6.54 Å². The maximum atomic E-state index is 8.65. The number of nitrogens with zero attached hydrogens (tertiary/aromatic N) is 5. The van der Waals surface area contributed by atoms with Gasteiger partial charge in [-0.25, -0.2) is 14.6 Å². The van der Waals surface area contributed by atoms with Gasteiger partial charge in [0, 0.05) is 18.3 Å². The smallest absolute Gasteiger partial charge is 0.252 e. The van der Waals surface area contributed by atoms with Gasteiger partial charge in [-0.2, -0.15) is 5.26 Å². The molecule has 0 spiro atoms. The first-order chi connectivity index (χ1) is 7.85. The number of nitriles is 1. The molecule has 2 rings (SSSR count). The summed E-state index contributed by atoms with van der Waals surface area (Å²) in [5.74, 6) is 0.826. The number of hydrogen-bond donors (Lipinski definition) is 1. The molecule has 0 aliphatic heterocycles. The molecule has 0 bridgehead atoms. The van der Waals surface area contributed by atoms with Gasteiger partial charge in [0.2, 0.25) is 0 Å². The van der Waals surface area contributed by atoms with Gasteiger partial charge < -0.3 is 5.32 Å². The molecule has 16 heavy (non-hydrogen) atoms. The molecular weight excluding hydrogens is 204 g/mol. The summed E-state index contributed by atoms with van der Waals surface area (Å²) in [5, 5.41) is 15.7. The van der Waals surface area contributed by atoms with E-state index >= 15 is 0 Å². The quantitative estimate of drug-likeness (QED) is 0.792. The van der Waals surface area contributed by atoms with Crippen molar-refractivity contribution in [2.24, 2.45) is 0 Å². The minimum absolute atomic E-state index is 0.140. The lowest BCUT2D eigenvalue weighted by atomic mass is 10.2. The van der Waals surface area contributed by atoms with Crippen LogP contribution in [0.2, 0.25) is 0 Å². The van der Waals surface area contributed by atoms with Gasteiger partial charge in [-0.1, -0.05) is 6.07 Å². The third-order valence-electron chi connectivity index (χ3n) is 2.04. The van der Waals surface area contributed by atoms with E-state index < -0.39 is 0 Å². The molecule has 2 aromatic heterocycles. The predicted octanol–water partition coefficient (Wildman–Crippen LogP) is 0.253. The lowest BCUT2D eigenvalue weighted by molar-refractivity contribution is 0.769. The van der Waals surface area contributed by atoms with Gasteiger partial charge in [0.1, 0.15) is 12.4 Å². The van der Waals surface area contributed by atoms with Gasteiger partial charge in [-0.05, 0) is 13.1 Å². The molecule has 0 aromatic carbocycles. The lowest BCUT2D eigenvalue weighted by Crippen LogP contribution is -2.10. The minimum atomic E-state index is 0.140. The van der Waals surface area contributed by atoms with E-state index in [1.54, 1.807) is 6.20 Å². The highest BCUT2D eigenvalue weighted by molar-refractivity contribution is 5.32. The third-order valence-corrected chi connectivity index (χ3v) is 2.04. The average Bonchev–Trinajstić information content (AvgIpc) is 2.79. The second-order valence-electron chi connectivity index (χ2n) is 3.14. The van der Waals surface area contributed by atoms with Crippen LogP contribution in [0.3, 0.4) is 0 Å². The first kappa shape index (κ1) is 10.3. The molecule has 80 valence electrons. The van der Waals surface area contributed by atoms with Crippen LogP contribution in [0, 0.1) is 11.3 Å². The monoisotopic (exact) mass is 214 g/mol. The Morgan fingerprint density at radius 3 is 3.06 bits per heavy atom. The van der Waals surface area contributed by atoms with E-state index in [0.29, 0.717) is 12.4 Å². The zero-order valence-corrected chi connectivity index (χ0v) is 8.75. The molecule has 0 aliphatic carbocycles. The Morgan fingerprint density at radius 2 is 2.38 bits per heavy atom. The first-order valence-corrected chi connectivity index (χ1v) is 4.76. The van der Waals surface area contributed by atoms with Crippen LogP contribution in [-0.4, -0.2) is 26.8 Å². The third kappa shape index (κ3) is 1.89. The Morgan fingerprint density at radius 1 is 1.50 bits per heavy atom. The van der Waals surface area contributed by atoms with Crippen molar-refractivity contribution in [1.82, 2.24) is 25.1 Å². The molecule has 6 nitrogen and oxygen atoms in total. The standard InChI is InChI=1S/C10H10N6/c1-12-6-8-3-2-4-13-10(8)16-7-14-9(5-11)15-16/h2-4,7,12H,6H2,1H3. The van der Waals surface area contributed by atoms with Gasteiger partial charge >= 0.3 is 0 Å². The Labute approximate surface area is 92.6 Å². The van der Waals surface area contributed by atoms with Crippen molar-refractivity contribution >= 4 is 0 Å². The van der Waals surface area contributed by atoms with E-state index in [9.17, 15) is 0 Å². The molecule has 6 heteroatoms. The Balaban J connectivity index is 2.43. The van der Waals surface area contributed by atoms with Gasteiger partial charge in [0.25, 0.3) is 5.82 Å². The lowest BCUT2D eigenvalue weighted by Gasteiger charge is -2.06. The maximum absolute atomic E-state index is 8.65. The second-order valence-corrected chi connectivity index (χ2v) is 3.14. The molecule has 0 atom stereocenters. The van der Waals surface area contributed by atoms with E-state index in [4.69, 9.17) is 5.26 Å². The zero-order valence-electron chi connectivity index (χ0n) is 8.75. The second kappa shape index (κ2) is 4.51. The Hall–Kier alpha value is -2.26. The summed E-state index contributed by atoms with van der Waals surface area (Å²) in [6.45, 7) is 0.685. The molecule has 0 amide bonds. The van der Waals surface area contributed by atoms with Crippen LogP contribution in [0.1, 0.15) is 11.4 Å². The fourth-order valence-electron chi connectivity index (χ4n) is 1.38. The summed E-state index contributed by atoms with van der Waals surface area (Å²) in [6, 6.07) is 5.69. The normalized spacial score (nSPS) is 10.0. The highest BCUT2D eigenvalue weighted by atomic mass is 15.4. The summed E-state index contributed by atoms with van der Waals surface area (Å²) in [6.07, 6.45) is 3.17. The van der Waals surface area contributed by atoms with Gasteiger partial charge in [-0.3, -0.25) is 0 Å². The van der Waals surface area contributed by atoms with E-state index in [1.807, 2.05) is 25.2 Å².